The Morgan fingerprint density at radius 2 is 1.77 bits per heavy atom. The molecule has 1 aliphatic rings. The predicted molar refractivity (Wildman–Crippen MR) is 106 cm³/mol. The van der Waals surface area contributed by atoms with Gasteiger partial charge in [-0.1, -0.05) is 6.07 Å². The van der Waals surface area contributed by atoms with Gasteiger partial charge in [0.2, 0.25) is 0 Å². The molecule has 0 unspecified atom stereocenters. The van der Waals surface area contributed by atoms with Crippen molar-refractivity contribution < 1.29 is 37.0 Å². The fourth-order valence-corrected chi connectivity index (χ4v) is 3.56. The van der Waals surface area contributed by atoms with Crippen LogP contribution in [0.5, 0.6) is 5.75 Å². The van der Waals surface area contributed by atoms with Gasteiger partial charge >= 0.3 is 18.2 Å². The van der Waals surface area contributed by atoms with Crippen LogP contribution >= 0.6 is 11.3 Å². The lowest BCUT2D eigenvalue weighted by Gasteiger charge is -2.30. The molecule has 1 aromatic heterocycles. The molecule has 2 heterocycles. The Bertz CT molecular complexity index is 908. The number of esters is 1. The number of thiophene rings is 1. The Labute approximate surface area is 179 Å². The number of ether oxygens (including phenoxy) is 2. The van der Waals surface area contributed by atoms with Crippen molar-refractivity contribution in [3.63, 3.8) is 0 Å². The fourth-order valence-electron chi connectivity index (χ4n) is 2.94. The molecule has 0 radical (unpaired) electrons. The monoisotopic (exact) mass is 456 g/mol. The van der Waals surface area contributed by atoms with Crippen LogP contribution in [0.15, 0.2) is 41.8 Å². The number of likely N-dealkylation sites (tertiary alicyclic amines) is 1. The lowest BCUT2D eigenvalue weighted by atomic mass is 9.97. The molecule has 31 heavy (non-hydrogen) atoms. The second kappa shape index (κ2) is 9.82. The number of alkyl halides is 3. The van der Waals surface area contributed by atoms with E-state index in [1.54, 1.807) is 41.8 Å². The molecule has 2 aromatic rings. The van der Waals surface area contributed by atoms with Crippen LogP contribution in [-0.4, -0.2) is 48.7 Å². The molecule has 166 valence electrons. The summed E-state index contributed by atoms with van der Waals surface area (Å²) in [5.41, 5.74) is 0.545. The van der Waals surface area contributed by atoms with Gasteiger partial charge in [-0.3, -0.25) is 9.59 Å². The third kappa shape index (κ3) is 6.71. The van der Waals surface area contributed by atoms with E-state index in [1.165, 1.54) is 11.3 Å². The third-order valence-electron chi connectivity index (χ3n) is 4.52. The summed E-state index contributed by atoms with van der Waals surface area (Å²) < 4.78 is 46.0. The van der Waals surface area contributed by atoms with E-state index in [-0.39, 0.29) is 31.8 Å². The Kier molecular flexibility index (Phi) is 7.16. The van der Waals surface area contributed by atoms with E-state index in [1.807, 2.05) is 0 Å². The van der Waals surface area contributed by atoms with Crippen LogP contribution < -0.4 is 10.1 Å². The van der Waals surface area contributed by atoms with Crippen LogP contribution in [0.25, 0.3) is 0 Å². The first-order chi connectivity index (χ1) is 14.7. The molecule has 11 heteroatoms. The number of hydrogen-bond acceptors (Lipinski definition) is 6. The Morgan fingerprint density at radius 3 is 2.35 bits per heavy atom. The Morgan fingerprint density at radius 1 is 1.10 bits per heavy atom. The summed E-state index contributed by atoms with van der Waals surface area (Å²) in [5.74, 6) is -0.907. The zero-order valence-electron chi connectivity index (χ0n) is 16.2. The number of carbonyl (C=O) groups excluding carboxylic acids is 3. The normalized spacial score (nSPS) is 14.7. The van der Waals surface area contributed by atoms with Crippen LogP contribution in [0.3, 0.4) is 0 Å². The zero-order chi connectivity index (χ0) is 22.4. The van der Waals surface area contributed by atoms with Crippen molar-refractivity contribution in [1.82, 2.24) is 4.90 Å². The van der Waals surface area contributed by atoms with Gasteiger partial charge < -0.3 is 19.7 Å². The van der Waals surface area contributed by atoms with E-state index in [9.17, 15) is 27.6 Å². The van der Waals surface area contributed by atoms with Crippen molar-refractivity contribution in [2.45, 2.75) is 19.0 Å². The second-order valence-electron chi connectivity index (χ2n) is 6.81. The maximum Gasteiger partial charge on any atom is 0.422 e. The molecule has 7 nitrogen and oxygen atoms in total. The minimum Gasteiger partial charge on any atom is -0.440 e. The largest absolute Gasteiger partial charge is 0.440 e. The van der Waals surface area contributed by atoms with Gasteiger partial charge in [-0.15, -0.1) is 11.3 Å². The van der Waals surface area contributed by atoms with E-state index in [4.69, 9.17) is 4.74 Å². The minimum atomic E-state index is -4.58. The molecule has 0 spiro atoms. The Hall–Kier alpha value is -3.08. The highest BCUT2D eigenvalue weighted by Crippen LogP contribution is 2.23. The molecule has 1 aliphatic heterocycles. The summed E-state index contributed by atoms with van der Waals surface area (Å²) in [5, 5.41) is 4.53. The molecule has 3 rings (SSSR count). The number of piperidine rings is 1. The van der Waals surface area contributed by atoms with Crippen LogP contribution in [0, 0.1) is 5.92 Å². The maximum atomic E-state index is 12.3. The molecule has 1 saturated heterocycles. The standard InChI is InChI=1S/C20H19F3N2O5S/c21-20(22,23)12-29-19(28)25-9-7-13(8-10-25)18(27)30-15-5-3-14(4-6-15)24-17(26)16-2-1-11-31-16/h1-6,11,13H,7-10,12H2,(H,24,26). The SMILES string of the molecule is O=C(Nc1ccc(OC(=O)C2CCN(C(=O)OCC(F)(F)F)CC2)cc1)c1cccs1. The number of benzene rings is 1. The summed E-state index contributed by atoms with van der Waals surface area (Å²) in [4.78, 5) is 37.7. The zero-order valence-corrected chi connectivity index (χ0v) is 17.0. The number of halogens is 3. The van der Waals surface area contributed by atoms with Gasteiger partial charge in [0.1, 0.15) is 5.75 Å². The van der Waals surface area contributed by atoms with Crippen molar-refractivity contribution in [2.75, 3.05) is 25.0 Å². The van der Waals surface area contributed by atoms with Crippen LogP contribution in [-0.2, 0) is 9.53 Å². The van der Waals surface area contributed by atoms with E-state index in [2.05, 4.69) is 10.1 Å². The van der Waals surface area contributed by atoms with Crippen molar-refractivity contribution in [2.24, 2.45) is 5.92 Å². The molecular formula is C20H19F3N2O5S. The van der Waals surface area contributed by atoms with Gasteiger partial charge in [0.25, 0.3) is 5.91 Å². The maximum absolute atomic E-state index is 12.3. The van der Waals surface area contributed by atoms with Crippen LogP contribution in [0.1, 0.15) is 22.5 Å². The second-order valence-corrected chi connectivity index (χ2v) is 7.76. The van der Waals surface area contributed by atoms with Crippen molar-refractivity contribution in [3.8, 4) is 5.75 Å². The number of carbonyl (C=O) groups is 3. The first-order valence-corrected chi connectivity index (χ1v) is 10.2. The van der Waals surface area contributed by atoms with Gasteiger partial charge in [0.15, 0.2) is 6.61 Å². The summed E-state index contributed by atoms with van der Waals surface area (Å²) >= 11 is 1.32. The topological polar surface area (TPSA) is 84.9 Å². The summed E-state index contributed by atoms with van der Waals surface area (Å²) in [6.07, 6.45) is -5.12. The number of rotatable bonds is 5. The summed E-state index contributed by atoms with van der Waals surface area (Å²) in [6, 6.07) is 9.79. The van der Waals surface area contributed by atoms with E-state index < -0.39 is 30.8 Å². The third-order valence-corrected chi connectivity index (χ3v) is 5.39. The van der Waals surface area contributed by atoms with E-state index in [0.29, 0.717) is 16.3 Å². The molecule has 1 aromatic carbocycles. The van der Waals surface area contributed by atoms with Crippen LogP contribution in [0.4, 0.5) is 23.7 Å². The first kappa shape index (κ1) is 22.6. The average Bonchev–Trinajstić information content (AvgIpc) is 3.28. The molecule has 0 saturated carbocycles. The molecule has 0 atom stereocenters. The number of amides is 2. The van der Waals surface area contributed by atoms with Gasteiger partial charge in [0.05, 0.1) is 10.8 Å². The predicted octanol–water partition coefficient (Wildman–Crippen LogP) is 4.32. The van der Waals surface area contributed by atoms with Gasteiger partial charge in [-0.05, 0) is 48.6 Å². The first-order valence-electron chi connectivity index (χ1n) is 9.36. The molecule has 2 amide bonds. The number of anilines is 1. The number of nitrogens with zero attached hydrogens (tertiary/aromatic N) is 1. The molecule has 0 bridgehead atoms. The fraction of sp³-hybridized carbons (Fsp3) is 0.350. The lowest BCUT2D eigenvalue weighted by molar-refractivity contribution is -0.162. The Balaban J connectivity index is 1.44. The highest BCUT2D eigenvalue weighted by molar-refractivity contribution is 7.12. The lowest BCUT2D eigenvalue weighted by Crippen LogP contribution is -2.42. The quantitative estimate of drug-likeness (QED) is 0.535. The highest BCUT2D eigenvalue weighted by atomic mass is 32.1. The van der Waals surface area contributed by atoms with Gasteiger partial charge in [-0.2, -0.15) is 13.2 Å². The summed E-state index contributed by atoms with van der Waals surface area (Å²) in [6.45, 7) is -1.44. The van der Waals surface area contributed by atoms with Crippen molar-refractivity contribution in [3.05, 3.63) is 46.7 Å². The van der Waals surface area contributed by atoms with E-state index in [0.717, 1.165) is 4.90 Å². The molecular weight excluding hydrogens is 437 g/mol. The minimum absolute atomic E-state index is 0.101. The number of nitrogens with one attached hydrogen (secondary N) is 1. The highest BCUT2D eigenvalue weighted by Gasteiger charge is 2.33. The number of hydrogen-bond donors (Lipinski definition) is 1. The van der Waals surface area contributed by atoms with Crippen LogP contribution in [0.2, 0.25) is 0 Å². The molecule has 0 aliphatic carbocycles. The average molecular weight is 456 g/mol. The molecule has 1 fully saturated rings. The molecule has 1 N–H and O–H groups in total. The smallest absolute Gasteiger partial charge is 0.422 e. The van der Waals surface area contributed by atoms with Gasteiger partial charge in [0, 0.05) is 18.8 Å². The summed E-state index contributed by atoms with van der Waals surface area (Å²) in [7, 11) is 0. The van der Waals surface area contributed by atoms with E-state index >= 15 is 0 Å². The van der Waals surface area contributed by atoms with Crippen molar-refractivity contribution >= 4 is 35.0 Å². The van der Waals surface area contributed by atoms with Gasteiger partial charge in [-0.25, -0.2) is 4.79 Å². The van der Waals surface area contributed by atoms with Crippen molar-refractivity contribution in [1.29, 1.82) is 0 Å².